The van der Waals surface area contributed by atoms with Gasteiger partial charge in [-0.2, -0.15) is 0 Å². The minimum atomic E-state index is -0.339. The first-order valence-electron chi connectivity index (χ1n) is 7.71. The van der Waals surface area contributed by atoms with E-state index in [1.807, 2.05) is 0 Å². The summed E-state index contributed by atoms with van der Waals surface area (Å²) < 4.78 is 0. The van der Waals surface area contributed by atoms with Crippen molar-refractivity contribution in [1.82, 2.24) is 0 Å². The molecule has 0 amide bonds. The average Bonchev–Trinajstić information content (AvgIpc) is 2.25. The zero-order valence-electron chi connectivity index (χ0n) is 12.3. The molecule has 0 radical (unpaired) electrons. The second-order valence-corrected chi connectivity index (χ2v) is 6.70. The van der Waals surface area contributed by atoms with E-state index in [1.165, 1.54) is 32.1 Å². The lowest BCUT2D eigenvalue weighted by molar-refractivity contribution is -0.0391. The zero-order chi connectivity index (χ0) is 12.9. The van der Waals surface area contributed by atoms with Crippen molar-refractivity contribution in [2.45, 2.75) is 84.7 Å². The maximum absolute atomic E-state index is 10.8. The van der Waals surface area contributed by atoms with Crippen LogP contribution in [0.4, 0.5) is 0 Å². The van der Waals surface area contributed by atoms with E-state index in [4.69, 9.17) is 0 Å². The molecular weight excluding hydrogens is 208 g/mol. The molecule has 1 nitrogen and oxygen atoms in total. The molecule has 1 aliphatic rings. The van der Waals surface area contributed by atoms with Crippen molar-refractivity contribution in [3.63, 3.8) is 0 Å². The number of hydrogen-bond acceptors (Lipinski definition) is 1. The summed E-state index contributed by atoms with van der Waals surface area (Å²) in [6, 6.07) is 0. The van der Waals surface area contributed by atoms with Gasteiger partial charge in [-0.3, -0.25) is 0 Å². The Balaban J connectivity index is 2.50. The van der Waals surface area contributed by atoms with E-state index < -0.39 is 0 Å². The standard InChI is InChI=1S/C16H32O/c1-5-14(6-2)11-16(17)9-7-8-15(12-16)10-13(3)4/h13-15,17H,5-12H2,1-4H3. The van der Waals surface area contributed by atoms with E-state index in [9.17, 15) is 5.11 Å². The summed E-state index contributed by atoms with van der Waals surface area (Å²) in [6.07, 6.45) is 9.43. The molecule has 0 heterocycles. The van der Waals surface area contributed by atoms with Crippen molar-refractivity contribution in [2.24, 2.45) is 17.8 Å². The quantitative estimate of drug-likeness (QED) is 0.708. The first kappa shape index (κ1) is 15.0. The van der Waals surface area contributed by atoms with E-state index in [-0.39, 0.29) is 5.60 Å². The highest BCUT2D eigenvalue weighted by molar-refractivity contribution is 4.88. The molecule has 0 aromatic heterocycles. The van der Waals surface area contributed by atoms with Gasteiger partial charge in [0.25, 0.3) is 0 Å². The van der Waals surface area contributed by atoms with Crippen LogP contribution >= 0.6 is 0 Å². The Kier molecular flexibility index (Phi) is 5.99. The zero-order valence-corrected chi connectivity index (χ0v) is 12.3. The fraction of sp³-hybridized carbons (Fsp3) is 1.00. The Morgan fingerprint density at radius 2 is 1.88 bits per heavy atom. The van der Waals surface area contributed by atoms with E-state index in [1.54, 1.807) is 0 Å². The van der Waals surface area contributed by atoms with Gasteiger partial charge in [-0.05, 0) is 43.4 Å². The Hall–Kier alpha value is -0.0400. The van der Waals surface area contributed by atoms with Gasteiger partial charge in [-0.15, -0.1) is 0 Å². The fourth-order valence-electron chi connectivity index (χ4n) is 3.63. The van der Waals surface area contributed by atoms with Crippen molar-refractivity contribution < 1.29 is 5.11 Å². The first-order valence-corrected chi connectivity index (χ1v) is 7.71. The molecule has 1 saturated carbocycles. The lowest BCUT2D eigenvalue weighted by Crippen LogP contribution is -2.37. The second kappa shape index (κ2) is 6.78. The van der Waals surface area contributed by atoms with Crippen LogP contribution < -0.4 is 0 Å². The summed E-state index contributed by atoms with van der Waals surface area (Å²) in [5, 5.41) is 10.8. The molecule has 0 saturated heterocycles. The van der Waals surface area contributed by atoms with E-state index in [0.29, 0.717) is 0 Å². The Morgan fingerprint density at radius 3 is 2.41 bits per heavy atom. The monoisotopic (exact) mass is 240 g/mol. The van der Waals surface area contributed by atoms with Crippen LogP contribution in [-0.2, 0) is 0 Å². The van der Waals surface area contributed by atoms with Crippen LogP contribution in [0.15, 0.2) is 0 Å². The molecule has 0 aromatic rings. The van der Waals surface area contributed by atoms with Crippen LogP contribution in [0.2, 0.25) is 0 Å². The van der Waals surface area contributed by atoms with Crippen LogP contribution in [0.25, 0.3) is 0 Å². The van der Waals surface area contributed by atoms with Gasteiger partial charge in [0.15, 0.2) is 0 Å². The third kappa shape index (κ3) is 4.99. The fourth-order valence-corrected chi connectivity index (χ4v) is 3.63. The van der Waals surface area contributed by atoms with Crippen molar-refractivity contribution >= 4 is 0 Å². The molecule has 0 bridgehead atoms. The second-order valence-electron chi connectivity index (χ2n) is 6.70. The largest absolute Gasteiger partial charge is 0.390 e. The molecule has 1 N–H and O–H groups in total. The number of rotatable bonds is 6. The van der Waals surface area contributed by atoms with Crippen molar-refractivity contribution in [2.75, 3.05) is 0 Å². The molecule has 1 heteroatoms. The number of hydrogen-bond donors (Lipinski definition) is 1. The predicted octanol–water partition coefficient (Wildman–Crippen LogP) is 4.78. The molecule has 1 rings (SSSR count). The van der Waals surface area contributed by atoms with Gasteiger partial charge in [0.1, 0.15) is 0 Å². The van der Waals surface area contributed by atoms with Gasteiger partial charge in [0.05, 0.1) is 5.60 Å². The molecule has 0 aromatic carbocycles. The Bertz CT molecular complexity index is 208. The molecule has 17 heavy (non-hydrogen) atoms. The van der Waals surface area contributed by atoms with Crippen LogP contribution in [-0.4, -0.2) is 10.7 Å². The summed E-state index contributed by atoms with van der Waals surface area (Å²) in [7, 11) is 0. The summed E-state index contributed by atoms with van der Waals surface area (Å²) in [5.41, 5.74) is -0.339. The summed E-state index contributed by atoms with van der Waals surface area (Å²) in [6.45, 7) is 9.11. The van der Waals surface area contributed by atoms with Gasteiger partial charge >= 0.3 is 0 Å². The molecule has 1 fully saturated rings. The van der Waals surface area contributed by atoms with Gasteiger partial charge in [0.2, 0.25) is 0 Å². The lowest BCUT2D eigenvalue weighted by atomic mass is 9.71. The van der Waals surface area contributed by atoms with Gasteiger partial charge in [-0.1, -0.05) is 53.4 Å². The SMILES string of the molecule is CCC(CC)CC1(O)CCCC(CC(C)C)C1. The minimum absolute atomic E-state index is 0.339. The Morgan fingerprint density at radius 1 is 1.24 bits per heavy atom. The first-order chi connectivity index (χ1) is 7.99. The molecule has 0 spiro atoms. The maximum Gasteiger partial charge on any atom is 0.0653 e. The van der Waals surface area contributed by atoms with Gasteiger partial charge in [-0.25, -0.2) is 0 Å². The number of aliphatic hydroxyl groups is 1. The molecular formula is C16H32O. The highest BCUT2D eigenvalue weighted by Crippen LogP contribution is 2.40. The normalized spacial score (nSPS) is 30.2. The minimum Gasteiger partial charge on any atom is -0.390 e. The lowest BCUT2D eigenvalue weighted by Gasteiger charge is -2.39. The van der Waals surface area contributed by atoms with Crippen molar-refractivity contribution in [3.8, 4) is 0 Å². The predicted molar refractivity (Wildman–Crippen MR) is 75.1 cm³/mol. The summed E-state index contributed by atoms with van der Waals surface area (Å²) in [5.74, 6) is 2.26. The molecule has 0 aliphatic heterocycles. The van der Waals surface area contributed by atoms with Crippen LogP contribution in [0, 0.1) is 17.8 Å². The highest BCUT2D eigenvalue weighted by atomic mass is 16.3. The molecule has 102 valence electrons. The van der Waals surface area contributed by atoms with Crippen LogP contribution in [0.5, 0.6) is 0 Å². The maximum atomic E-state index is 10.8. The third-order valence-corrected chi connectivity index (χ3v) is 4.55. The van der Waals surface area contributed by atoms with E-state index >= 15 is 0 Å². The third-order valence-electron chi connectivity index (χ3n) is 4.55. The molecule has 1 aliphatic carbocycles. The van der Waals surface area contributed by atoms with Crippen LogP contribution in [0.1, 0.15) is 79.1 Å². The van der Waals surface area contributed by atoms with Gasteiger partial charge < -0.3 is 5.11 Å². The molecule has 2 atom stereocenters. The summed E-state index contributed by atoms with van der Waals surface area (Å²) >= 11 is 0. The Labute approximate surface area is 108 Å². The topological polar surface area (TPSA) is 20.2 Å². The smallest absolute Gasteiger partial charge is 0.0653 e. The van der Waals surface area contributed by atoms with Gasteiger partial charge in [0, 0.05) is 0 Å². The van der Waals surface area contributed by atoms with E-state index in [2.05, 4.69) is 27.7 Å². The average molecular weight is 240 g/mol. The van der Waals surface area contributed by atoms with Crippen LogP contribution in [0.3, 0.4) is 0 Å². The van der Waals surface area contributed by atoms with E-state index in [0.717, 1.165) is 37.0 Å². The van der Waals surface area contributed by atoms with Crippen molar-refractivity contribution in [1.29, 1.82) is 0 Å². The summed E-state index contributed by atoms with van der Waals surface area (Å²) in [4.78, 5) is 0. The molecule has 2 unspecified atom stereocenters. The van der Waals surface area contributed by atoms with Crippen molar-refractivity contribution in [3.05, 3.63) is 0 Å². The highest BCUT2D eigenvalue weighted by Gasteiger charge is 2.35.